The number of benzene rings is 3. The molecule has 0 aromatic heterocycles. The summed E-state index contributed by atoms with van der Waals surface area (Å²) in [7, 11) is -1.64. The summed E-state index contributed by atoms with van der Waals surface area (Å²) in [5.41, 5.74) is 5.60. The molecule has 0 heterocycles. The number of hydrogen-bond acceptors (Lipinski definition) is 1. The molecule has 0 unspecified atom stereocenters. The van der Waals surface area contributed by atoms with E-state index in [1.165, 1.54) is 73.4 Å². The van der Waals surface area contributed by atoms with Gasteiger partial charge in [0.15, 0.2) is 0 Å². The van der Waals surface area contributed by atoms with Crippen molar-refractivity contribution in [1.82, 2.24) is 0 Å². The van der Waals surface area contributed by atoms with Gasteiger partial charge in [0.2, 0.25) is 0 Å². The predicted octanol–water partition coefficient (Wildman–Crippen LogP) is 3.49. The quantitative estimate of drug-likeness (QED) is 0.264. The maximum Gasteiger partial charge on any atom is 0.112 e. The van der Waals surface area contributed by atoms with Gasteiger partial charge in [-0.15, -0.1) is 12.4 Å². The van der Waals surface area contributed by atoms with E-state index in [1.807, 2.05) is 0 Å². The third-order valence-corrected chi connectivity index (χ3v) is 10.6. The zero-order chi connectivity index (χ0) is 20.9. The van der Waals surface area contributed by atoms with Gasteiger partial charge < -0.3 is 22.7 Å². The standard InChI is InChI=1S/C28H37NP.BrH.ClH/c29-24-16-5-3-1-2-4-6-17-25-30(26-18-10-7-11-19-26,27-20-12-8-13-21-27)28-22-14-9-15-23-28;;/h7-15,18-23H,1-6,16-17,24-25,29H2;2*1H/q+1;;/p-1. The minimum Gasteiger partial charge on any atom is -1.00 e. The van der Waals surface area contributed by atoms with Gasteiger partial charge in [-0.05, 0) is 62.2 Å². The maximum atomic E-state index is 5.60. The number of nitrogens with two attached hydrogens (primary N) is 1. The van der Waals surface area contributed by atoms with Crippen LogP contribution in [0.25, 0.3) is 0 Å². The van der Waals surface area contributed by atoms with Crippen LogP contribution in [0.4, 0.5) is 0 Å². The zero-order valence-corrected chi connectivity index (χ0v) is 22.3. The van der Waals surface area contributed by atoms with E-state index in [4.69, 9.17) is 5.73 Å². The van der Waals surface area contributed by atoms with Crippen LogP contribution >= 0.6 is 19.7 Å². The largest absolute Gasteiger partial charge is 1.00 e. The van der Waals surface area contributed by atoms with Crippen LogP contribution in [-0.2, 0) is 0 Å². The fourth-order valence-corrected chi connectivity index (χ4v) is 8.85. The Morgan fingerprint density at radius 2 is 0.781 bits per heavy atom. The van der Waals surface area contributed by atoms with E-state index in [0.29, 0.717) is 0 Å². The summed E-state index contributed by atoms with van der Waals surface area (Å²) in [5.74, 6) is 0. The molecule has 0 saturated heterocycles. The monoisotopic (exact) mass is 533 g/mol. The summed E-state index contributed by atoms with van der Waals surface area (Å²) in [6.07, 6.45) is 11.7. The van der Waals surface area contributed by atoms with Crippen LogP contribution in [0, 0.1) is 0 Å². The van der Waals surface area contributed by atoms with Gasteiger partial charge >= 0.3 is 0 Å². The predicted molar refractivity (Wildman–Crippen MR) is 143 cm³/mol. The lowest BCUT2D eigenvalue weighted by Crippen LogP contribution is -3.00. The van der Waals surface area contributed by atoms with Gasteiger partial charge in [0, 0.05) is 0 Å². The number of hydrogen-bond donors (Lipinski definition) is 1. The first-order chi connectivity index (χ1) is 14.9. The summed E-state index contributed by atoms with van der Waals surface area (Å²) < 4.78 is 0. The molecule has 0 atom stereocenters. The van der Waals surface area contributed by atoms with Gasteiger partial charge in [0.05, 0.1) is 6.16 Å². The summed E-state index contributed by atoms with van der Waals surface area (Å²) in [6, 6.07) is 33.8. The molecule has 0 amide bonds. The summed E-state index contributed by atoms with van der Waals surface area (Å²) in [6.45, 7) is 0.838. The van der Waals surface area contributed by atoms with Gasteiger partial charge in [-0.3, -0.25) is 0 Å². The van der Waals surface area contributed by atoms with Gasteiger partial charge in [-0.2, -0.15) is 0 Å². The van der Waals surface area contributed by atoms with Crippen LogP contribution < -0.4 is 38.6 Å². The molecule has 3 aromatic carbocycles. The molecule has 0 aliphatic carbocycles. The SMILES string of the molecule is Cl.NCCCCCCCCCC[P+](c1ccccc1)(c1ccccc1)c1ccccc1.[Br-]. The molecule has 0 bridgehead atoms. The average Bonchev–Trinajstić information content (AvgIpc) is 2.82. The molecule has 0 spiro atoms. The summed E-state index contributed by atoms with van der Waals surface area (Å²) >= 11 is 0. The lowest BCUT2D eigenvalue weighted by molar-refractivity contribution is -0.00000628. The van der Waals surface area contributed by atoms with Crippen LogP contribution in [0.2, 0.25) is 0 Å². The Bertz CT molecular complexity index is 733. The molecular formula is C28H38BrClNP. The topological polar surface area (TPSA) is 26.0 Å². The van der Waals surface area contributed by atoms with Crippen LogP contribution in [0.1, 0.15) is 51.4 Å². The molecule has 0 fully saturated rings. The molecule has 3 rings (SSSR count). The van der Waals surface area contributed by atoms with E-state index >= 15 is 0 Å². The van der Waals surface area contributed by atoms with Crippen molar-refractivity contribution in [3.8, 4) is 0 Å². The average molecular weight is 535 g/mol. The van der Waals surface area contributed by atoms with E-state index in [-0.39, 0.29) is 29.4 Å². The van der Waals surface area contributed by atoms with Crippen LogP contribution in [-0.4, -0.2) is 12.7 Å². The van der Waals surface area contributed by atoms with E-state index in [0.717, 1.165) is 6.54 Å². The van der Waals surface area contributed by atoms with E-state index < -0.39 is 7.26 Å². The fraction of sp³-hybridized carbons (Fsp3) is 0.357. The van der Waals surface area contributed by atoms with E-state index in [1.54, 1.807) is 0 Å². The normalized spacial score (nSPS) is 10.8. The maximum absolute atomic E-state index is 5.60. The van der Waals surface area contributed by atoms with Crippen LogP contribution in [0.3, 0.4) is 0 Å². The second-order valence-electron chi connectivity index (χ2n) is 8.16. The molecule has 0 saturated carbocycles. The third kappa shape index (κ3) is 7.99. The van der Waals surface area contributed by atoms with Crippen molar-refractivity contribution in [2.75, 3.05) is 12.7 Å². The minimum atomic E-state index is -1.64. The molecule has 4 heteroatoms. The fourth-order valence-electron chi connectivity index (χ4n) is 4.44. The van der Waals surface area contributed by atoms with Gasteiger partial charge in [-0.1, -0.05) is 86.7 Å². The third-order valence-electron chi connectivity index (χ3n) is 6.04. The first-order valence-electron chi connectivity index (χ1n) is 11.6. The van der Waals surface area contributed by atoms with Gasteiger partial charge in [0.25, 0.3) is 0 Å². The minimum absolute atomic E-state index is 0. The molecule has 2 N–H and O–H groups in total. The molecule has 0 aliphatic rings. The van der Waals surface area contributed by atoms with Crippen molar-refractivity contribution < 1.29 is 17.0 Å². The smallest absolute Gasteiger partial charge is 0.112 e. The first kappa shape index (κ1) is 28.9. The molecule has 0 radical (unpaired) electrons. The Labute approximate surface area is 212 Å². The van der Waals surface area contributed by atoms with Crippen molar-refractivity contribution in [2.45, 2.75) is 51.4 Å². The lowest BCUT2D eigenvalue weighted by Gasteiger charge is -2.27. The van der Waals surface area contributed by atoms with Crippen molar-refractivity contribution in [3.63, 3.8) is 0 Å². The Balaban J connectivity index is 0.00000256. The number of unbranched alkanes of at least 4 members (excludes halogenated alkanes) is 7. The molecule has 3 aromatic rings. The lowest BCUT2D eigenvalue weighted by atomic mass is 10.1. The van der Waals surface area contributed by atoms with Crippen LogP contribution in [0.15, 0.2) is 91.0 Å². The summed E-state index contributed by atoms with van der Waals surface area (Å²) in [4.78, 5) is 0. The van der Waals surface area contributed by atoms with Crippen molar-refractivity contribution in [3.05, 3.63) is 91.0 Å². The molecular weight excluding hydrogens is 497 g/mol. The number of rotatable bonds is 13. The van der Waals surface area contributed by atoms with Crippen molar-refractivity contribution in [1.29, 1.82) is 0 Å². The molecule has 1 nitrogen and oxygen atoms in total. The molecule has 32 heavy (non-hydrogen) atoms. The Morgan fingerprint density at radius 3 is 1.12 bits per heavy atom. The first-order valence-corrected chi connectivity index (χ1v) is 13.6. The van der Waals surface area contributed by atoms with E-state index in [9.17, 15) is 0 Å². The van der Waals surface area contributed by atoms with Crippen molar-refractivity contribution >= 4 is 35.6 Å². The molecule has 174 valence electrons. The Morgan fingerprint density at radius 1 is 0.469 bits per heavy atom. The van der Waals surface area contributed by atoms with E-state index in [2.05, 4.69) is 91.0 Å². The highest BCUT2D eigenvalue weighted by Gasteiger charge is 2.44. The highest BCUT2D eigenvalue weighted by atomic mass is 79.9. The highest BCUT2D eigenvalue weighted by molar-refractivity contribution is 7.95. The Kier molecular flexibility index (Phi) is 14.8. The zero-order valence-electron chi connectivity index (χ0n) is 19.0. The highest BCUT2D eigenvalue weighted by Crippen LogP contribution is 2.55. The summed E-state index contributed by atoms with van der Waals surface area (Å²) in [5, 5.41) is 4.51. The second-order valence-corrected chi connectivity index (χ2v) is 11.8. The van der Waals surface area contributed by atoms with Gasteiger partial charge in [-0.25, -0.2) is 0 Å². The number of halogens is 2. The van der Waals surface area contributed by atoms with Gasteiger partial charge in [0.1, 0.15) is 23.2 Å². The van der Waals surface area contributed by atoms with Crippen LogP contribution in [0.5, 0.6) is 0 Å². The molecule has 0 aliphatic heterocycles. The second kappa shape index (κ2) is 16.4. The Hall–Kier alpha value is -1.18. The van der Waals surface area contributed by atoms with Crippen molar-refractivity contribution in [2.24, 2.45) is 5.73 Å².